The summed E-state index contributed by atoms with van der Waals surface area (Å²) in [7, 11) is 0. The largest absolute Gasteiger partial charge is 0.450 e. The van der Waals surface area contributed by atoms with E-state index in [1.54, 1.807) is 42.5 Å². The van der Waals surface area contributed by atoms with Crippen LogP contribution in [0.5, 0.6) is 11.5 Å². The zero-order chi connectivity index (χ0) is 14.5. The number of ether oxygens (including phenoxy) is 1. The second-order valence-corrected chi connectivity index (χ2v) is 4.44. The highest BCUT2D eigenvalue weighted by atomic mass is 35.5. The number of halogens is 1. The van der Waals surface area contributed by atoms with Gasteiger partial charge in [-0.3, -0.25) is 10.1 Å². The van der Waals surface area contributed by atoms with Gasteiger partial charge < -0.3 is 10.1 Å². The maximum Gasteiger partial charge on any atom is 0.334 e. The molecule has 104 valence electrons. The van der Waals surface area contributed by atoms with Crippen LogP contribution in [0, 0.1) is 10.1 Å². The normalized spacial score (nSPS) is 10.1. The molecule has 0 spiro atoms. The van der Waals surface area contributed by atoms with Crippen LogP contribution >= 0.6 is 11.6 Å². The average molecular weight is 293 g/mol. The summed E-state index contributed by atoms with van der Waals surface area (Å²) in [5.41, 5.74) is 0.339. The molecule has 0 aromatic heterocycles. The lowest BCUT2D eigenvalue weighted by Gasteiger charge is -2.10. The summed E-state index contributed by atoms with van der Waals surface area (Å²) < 4.78 is 5.57. The molecule has 0 saturated carbocycles. The van der Waals surface area contributed by atoms with E-state index in [4.69, 9.17) is 16.3 Å². The molecule has 0 aliphatic rings. The monoisotopic (exact) mass is 292 g/mol. The molecule has 0 amide bonds. The highest BCUT2D eigenvalue weighted by Crippen LogP contribution is 2.37. The van der Waals surface area contributed by atoms with Gasteiger partial charge in [0.1, 0.15) is 11.4 Å². The number of hydrogen-bond acceptors (Lipinski definition) is 4. The molecule has 0 bridgehead atoms. The fraction of sp³-hybridized carbons (Fsp3) is 0.143. The molecule has 1 N–H and O–H groups in total. The molecule has 6 heteroatoms. The first-order chi connectivity index (χ1) is 9.61. The number of nitrogens with one attached hydrogen (secondary N) is 1. The minimum Gasteiger partial charge on any atom is -0.450 e. The van der Waals surface area contributed by atoms with Crippen molar-refractivity contribution >= 4 is 23.0 Å². The van der Waals surface area contributed by atoms with Gasteiger partial charge >= 0.3 is 5.69 Å². The first-order valence-electron chi connectivity index (χ1n) is 6.06. The summed E-state index contributed by atoms with van der Waals surface area (Å²) in [6.07, 6.45) is 0. The van der Waals surface area contributed by atoms with Crippen molar-refractivity contribution in [2.75, 3.05) is 11.9 Å². The van der Waals surface area contributed by atoms with Gasteiger partial charge in [0.15, 0.2) is 0 Å². The molecule has 0 aliphatic heterocycles. The van der Waals surface area contributed by atoms with Gasteiger partial charge in [0.05, 0.1) is 4.92 Å². The summed E-state index contributed by atoms with van der Waals surface area (Å²) in [5, 5.41) is 14.7. The van der Waals surface area contributed by atoms with E-state index in [0.717, 1.165) is 0 Å². The van der Waals surface area contributed by atoms with Crippen LogP contribution in [0.2, 0.25) is 5.02 Å². The molecule has 2 aromatic rings. The van der Waals surface area contributed by atoms with Gasteiger partial charge in [-0.2, -0.15) is 0 Å². The minimum atomic E-state index is -0.460. The zero-order valence-electron chi connectivity index (χ0n) is 10.8. The lowest BCUT2D eigenvalue weighted by Crippen LogP contribution is -2.02. The average Bonchev–Trinajstić information content (AvgIpc) is 2.39. The van der Waals surface area contributed by atoms with E-state index in [1.807, 2.05) is 6.92 Å². The second-order valence-electron chi connectivity index (χ2n) is 4.00. The van der Waals surface area contributed by atoms with Crippen LogP contribution in [0.1, 0.15) is 6.92 Å². The summed E-state index contributed by atoms with van der Waals surface area (Å²) in [5.74, 6) is 0.630. The molecular formula is C14H13ClN2O3. The van der Waals surface area contributed by atoms with E-state index in [1.165, 1.54) is 0 Å². The third kappa shape index (κ3) is 3.19. The molecule has 0 heterocycles. The van der Waals surface area contributed by atoms with Crippen molar-refractivity contribution in [2.24, 2.45) is 0 Å². The van der Waals surface area contributed by atoms with Crippen LogP contribution in [0.4, 0.5) is 11.4 Å². The lowest BCUT2D eigenvalue weighted by molar-refractivity contribution is -0.384. The first kappa shape index (κ1) is 14.1. The first-order valence-corrected chi connectivity index (χ1v) is 6.44. The lowest BCUT2D eigenvalue weighted by atomic mass is 10.2. The Labute approximate surface area is 121 Å². The van der Waals surface area contributed by atoms with Crippen molar-refractivity contribution in [2.45, 2.75) is 6.92 Å². The Kier molecular flexibility index (Phi) is 4.42. The molecule has 0 aliphatic carbocycles. The van der Waals surface area contributed by atoms with Crippen LogP contribution in [0.25, 0.3) is 0 Å². The van der Waals surface area contributed by atoms with Gasteiger partial charge in [0.2, 0.25) is 5.75 Å². The van der Waals surface area contributed by atoms with E-state index < -0.39 is 4.92 Å². The Bertz CT molecular complexity index is 632. The van der Waals surface area contributed by atoms with Crippen LogP contribution in [0.15, 0.2) is 42.5 Å². The minimum absolute atomic E-state index is 0.0886. The van der Waals surface area contributed by atoms with E-state index in [-0.39, 0.29) is 11.4 Å². The number of nitro benzene ring substituents is 1. The summed E-state index contributed by atoms with van der Waals surface area (Å²) in [6.45, 7) is 2.45. The number of hydrogen-bond donors (Lipinski definition) is 1. The molecule has 0 unspecified atom stereocenters. The maximum atomic E-state index is 11.2. The van der Waals surface area contributed by atoms with Gasteiger partial charge in [-0.15, -0.1) is 0 Å². The standard InChI is InChI=1S/C14H13ClN2O3/c1-2-16-12-7-4-8-13(14(12)17(18)19)20-11-6-3-5-10(15)9-11/h3-9,16H,2H2,1H3. The van der Waals surface area contributed by atoms with Crippen molar-refractivity contribution in [1.82, 2.24) is 0 Å². The van der Waals surface area contributed by atoms with Gasteiger partial charge in [-0.25, -0.2) is 0 Å². The van der Waals surface area contributed by atoms with Gasteiger partial charge in [-0.05, 0) is 37.3 Å². The maximum absolute atomic E-state index is 11.2. The summed E-state index contributed by atoms with van der Waals surface area (Å²) in [4.78, 5) is 10.8. The van der Waals surface area contributed by atoms with Crippen molar-refractivity contribution in [1.29, 1.82) is 0 Å². The number of nitrogens with zero attached hydrogens (tertiary/aromatic N) is 1. The third-order valence-electron chi connectivity index (χ3n) is 2.57. The Hall–Kier alpha value is -2.27. The van der Waals surface area contributed by atoms with Crippen LogP contribution < -0.4 is 10.1 Å². The van der Waals surface area contributed by atoms with Crippen LogP contribution in [-0.2, 0) is 0 Å². The van der Waals surface area contributed by atoms with E-state index in [9.17, 15) is 10.1 Å². The molecular weight excluding hydrogens is 280 g/mol. The highest BCUT2D eigenvalue weighted by molar-refractivity contribution is 6.30. The van der Waals surface area contributed by atoms with E-state index in [2.05, 4.69) is 5.32 Å². The predicted octanol–water partition coefficient (Wildman–Crippen LogP) is 4.47. The molecule has 2 rings (SSSR count). The number of anilines is 1. The summed E-state index contributed by atoms with van der Waals surface area (Å²) in [6, 6.07) is 11.6. The molecule has 0 atom stereocenters. The number of para-hydroxylation sites is 1. The number of nitro groups is 1. The van der Waals surface area contributed by atoms with Crippen molar-refractivity contribution in [3.63, 3.8) is 0 Å². The molecule has 5 nitrogen and oxygen atoms in total. The molecule has 0 radical (unpaired) electrons. The Balaban J connectivity index is 2.40. The second kappa shape index (κ2) is 6.25. The van der Waals surface area contributed by atoms with Crippen molar-refractivity contribution in [3.8, 4) is 11.5 Å². The highest BCUT2D eigenvalue weighted by Gasteiger charge is 2.21. The van der Waals surface area contributed by atoms with Gasteiger partial charge in [-0.1, -0.05) is 23.7 Å². The third-order valence-corrected chi connectivity index (χ3v) is 2.81. The smallest absolute Gasteiger partial charge is 0.334 e. The predicted molar refractivity (Wildman–Crippen MR) is 78.8 cm³/mol. The molecule has 20 heavy (non-hydrogen) atoms. The van der Waals surface area contributed by atoms with Crippen molar-refractivity contribution in [3.05, 3.63) is 57.6 Å². The van der Waals surface area contributed by atoms with E-state index in [0.29, 0.717) is 23.0 Å². The van der Waals surface area contributed by atoms with Crippen LogP contribution in [0.3, 0.4) is 0 Å². The van der Waals surface area contributed by atoms with Gasteiger partial charge in [0, 0.05) is 11.6 Å². The molecule has 0 saturated heterocycles. The Morgan fingerprint density at radius 1 is 1.30 bits per heavy atom. The number of rotatable bonds is 5. The topological polar surface area (TPSA) is 64.4 Å². The Morgan fingerprint density at radius 2 is 2.05 bits per heavy atom. The van der Waals surface area contributed by atoms with Crippen molar-refractivity contribution < 1.29 is 9.66 Å². The van der Waals surface area contributed by atoms with E-state index >= 15 is 0 Å². The van der Waals surface area contributed by atoms with Gasteiger partial charge in [0.25, 0.3) is 0 Å². The number of benzene rings is 2. The molecule has 2 aromatic carbocycles. The Morgan fingerprint density at radius 3 is 2.70 bits per heavy atom. The zero-order valence-corrected chi connectivity index (χ0v) is 11.6. The van der Waals surface area contributed by atoms with Crippen LogP contribution in [-0.4, -0.2) is 11.5 Å². The molecule has 0 fully saturated rings. The fourth-order valence-electron chi connectivity index (χ4n) is 1.78. The fourth-order valence-corrected chi connectivity index (χ4v) is 1.96. The SMILES string of the molecule is CCNc1cccc(Oc2cccc(Cl)c2)c1[N+](=O)[O-]. The summed E-state index contributed by atoms with van der Waals surface area (Å²) >= 11 is 5.87. The quantitative estimate of drug-likeness (QED) is 0.652.